The minimum absolute atomic E-state index is 0.0709. The first-order chi connectivity index (χ1) is 10.7. The molecule has 0 spiro atoms. The van der Waals surface area contributed by atoms with Crippen molar-refractivity contribution < 1.29 is 23.1 Å². The van der Waals surface area contributed by atoms with Gasteiger partial charge in [0.2, 0.25) is 5.72 Å². The Hall–Kier alpha value is -2.18. The number of carbonyl (C=O) groups is 1. The van der Waals surface area contributed by atoms with Gasteiger partial charge in [0.05, 0.1) is 5.92 Å². The van der Waals surface area contributed by atoms with Gasteiger partial charge in [0.1, 0.15) is 0 Å². The van der Waals surface area contributed by atoms with Gasteiger partial charge in [-0.3, -0.25) is 10.5 Å². The first kappa shape index (κ1) is 17.2. The Morgan fingerprint density at radius 1 is 1.00 bits per heavy atom. The van der Waals surface area contributed by atoms with Gasteiger partial charge in [0.25, 0.3) is 0 Å². The average Bonchev–Trinajstić information content (AvgIpc) is 2.52. The largest absolute Gasteiger partial charge is 0.431 e. The average molecular weight is 323 g/mol. The normalized spacial score (nSPS) is 15.7. The summed E-state index contributed by atoms with van der Waals surface area (Å²) in [7, 11) is 0. The quantitative estimate of drug-likeness (QED) is 0.657. The molecule has 0 aliphatic heterocycles. The van der Waals surface area contributed by atoms with Crippen LogP contribution in [-0.4, -0.2) is 22.8 Å². The van der Waals surface area contributed by atoms with Gasteiger partial charge in [-0.25, -0.2) is 0 Å². The Kier molecular flexibility index (Phi) is 4.87. The highest BCUT2D eigenvalue weighted by molar-refractivity contribution is 5.98. The van der Waals surface area contributed by atoms with Crippen molar-refractivity contribution in [3.8, 4) is 0 Å². The molecule has 0 saturated heterocycles. The molecule has 0 radical (unpaired) electrons. The van der Waals surface area contributed by atoms with Crippen LogP contribution in [0.3, 0.4) is 0 Å². The Bertz CT molecular complexity index is 655. The third-order valence-corrected chi connectivity index (χ3v) is 3.64. The van der Waals surface area contributed by atoms with Gasteiger partial charge >= 0.3 is 6.18 Å². The maximum Gasteiger partial charge on any atom is 0.431 e. The number of carbonyl (C=O) groups excluding carboxylic acids is 1. The molecule has 0 amide bonds. The van der Waals surface area contributed by atoms with Gasteiger partial charge in [-0.1, -0.05) is 60.7 Å². The van der Waals surface area contributed by atoms with Crippen LogP contribution in [0.4, 0.5) is 13.2 Å². The van der Waals surface area contributed by atoms with Crippen LogP contribution < -0.4 is 5.73 Å². The highest BCUT2D eigenvalue weighted by Crippen LogP contribution is 2.35. The number of benzene rings is 2. The Morgan fingerprint density at radius 2 is 1.48 bits per heavy atom. The molecule has 0 bridgehead atoms. The summed E-state index contributed by atoms with van der Waals surface area (Å²) in [5.74, 6) is -2.69. The predicted octanol–water partition coefficient (Wildman–Crippen LogP) is 2.94. The molecule has 0 aliphatic carbocycles. The fraction of sp³-hybridized carbons (Fsp3) is 0.235. The number of rotatable bonds is 5. The summed E-state index contributed by atoms with van der Waals surface area (Å²) in [6, 6.07) is 15.7. The standard InChI is InChI=1S/C17H16F3NO2/c18-17(19,20)16(21,23)14(11-12-7-3-1-4-8-12)15(22)13-9-5-2-6-10-13/h1-10,14,23H,11,21H2. The van der Waals surface area contributed by atoms with E-state index in [1.54, 1.807) is 36.4 Å². The lowest BCUT2D eigenvalue weighted by Gasteiger charge is -2.33. The van der Waals surface area contributed by atoms with Gasteiger partial charge in [-0.2, -0.15) is 13.2 Å². The molecule has 6 heteroatoms. The molecule has 23 heavy (non-hydrogen) atoms. The van der Waals surface area contributed by atoms with Crippen LogP contribution in [-0.2, 0) is 6.42 Å². The maximum atomic E-state index is 13.1. The number of Topliss-reactive ketones (excluding diaryl/α,β-unsaturated/α-hetero) is 1. The van der Waals surface area contributed by atoms with Crippen molar-refractivity contribution in [2.75, 3.05) is 0 Å². The summed E-state index contributed by atoms with van der Waals surface area (Å²) < 4.78 is 39.4. The molecule has 0 aromatic heterocycles. The monoisotopic (exact) mass is 323 g/mol. The van der Waals surface area contributed by atoms with Crippen LogP contribution >= 0.6 is 0 Å². The molecular formula is C17H16F3NO2. The van der Waals surface area contributed by atoms with Crippen molar-refractivity contribution >= 4 is 5.78 Å². The Morgan fingerprint density at radius 3 is 1.96 bits per heavy atom. The Labute approximate surface area is 131 Å². The van der Waals surface area contributed by atoms with E-state index in [4.69, 9.17) is 5.73 Å². The van der Waals surface area contributed by atoms with E-state index in [1.165, 1.54) is 24.3 Å². The minimum atomic E-state index is -5.13. The number of aliphatic hydroxyl groups is 1. The number of ketones is 1. The van der Waals surface area contributed by atoms with Crippen LogP contribution in [0.25, 0.3) is 0 Å². The molecule has 0 fully saturated rings. The number of hydrogen-bond acceptors (Lipinski definition) is 3. The molecular weight excluding hydrogens is 307 g/mol. The fourth-order valence-electron chi connectivity index (χ4n) is 2.30. The molecule has 2 rings (SSSR count). The second-order valence-corrected chi connectivity index (χ2v) is 5.30. The summed E-state index contributed by atoms with van der Waals surface area (Å²) in [6.07, 6.45) is -5.45. The van der Waals surface area contributed by atoms with Crippen LogP contribution in [0.2, 0.25) is 0 Å². The SMILES string of the molecule is NC(O)(C(Cc1ccccc1)C(=O)c1ccccc1)C(F)(F)F. The van der Waals surface area contributed by atoms with E-state index in [-0.39, 0.29) is 12.0 Å². The Balaban J connectivity index is 2.41. The van der Waals surface area contributed by atoms with Gasteiger partial charge in [-0.05, 0) is 12.0 Å². The van der Waals surface area contributed by atoms with Crippen LogP contribution in [0, 0.1) is 5.92 Å². The van der Waals surface area contributed by atoms with E-state index < -0.39 is 23.6 Å². The van der Waals surface area contributed by atoms with Crippen molar-refractivity contribution in [2.45, 2.75) is 18.3 Å². The number of alkyl halides is 3. The molecule has 122 valence electrons. The fourth-order valence-corrected chi connectivity index (χ4v) is 2.30. The molecule has 0 saturated carbocycles. The van der Waals surface area contributed by atoms with Gasteiger partial charge in [0, 0.05) is 5.56 Å². The zero-order valence-corrected chi connectivity index (χ0v) is 12.1. The van der Waals surface area contributed by atoms with Crippen LogP contribution in [0.15, 0.2) is 60.7 Å². The summed E-state index contributed by atoms with van der Waals surface area (Å²) in [6.45, 7) is 0. The van der Waals surface area contributed by atoms with E-state index in [9.17, 15) is 23.1 Å². The van der Waals surface area contributed by atoms with E-state index in [0.717, 1.165) is 0 Å². The summed E-state index contributed by atoms with van der Waals surface area (Å²) in [4.78, 5) is 12.5. The second kappa shape index (κ2) is 6.52. The van der Waals surface area contributed by atoms with Crippen molar-refractivity contribution in [3.05, 3.63) is 71.8 Å². The lowest BCUT2D eigenvalue weighted by Crippen LogP contribution is -2.61. The van der Waals surface area contributed by atoms with Crippen molar-refractivity contribution in [3.63, 3.8) is 0 Å². The lowest BCUT2D eigenvalue weighted by atomic mass is 9.83. The van der Waals surface area contributed by atoms with Crippen LogP contribution in [0.1, 0.15) is 15.9 Å². The maximum absolute atomic E-state index is 13.1. The topological polar surface area (TPSA) is 63.3 Å². The van der Waals surface area contributed by atoms with Gasteiger partial charge < -0.3 is 5.11 Å². The molecule has 0 aliphatic rings. The van der Waals surface area contributed by atoms with Crippen molar-refractivity contribution in [1.82, 2.24) is 0 Å². The zero-order chi connectivity index (χ0) is 17.1. The smallest absolute Gasteiger partial charge is 0.367 e. The molecule has 2 aromatic carbocycles. The molecule has 3 nitrogen and oxygen atoms in total. The van der Waals surface area contributed by atoms with E-state index in [0.29, 0.717) is 5.56 Å². The number of halogens is 3. The molecule has 2 unspecified atom stereocenters. The molecule has 2 aromatic rings. The zero-order valence-electron chi connectivity index (χ0n) is 12.1. The predicted molar refractivity (Wildman–Crippen MR) is 79.6 cm³/mol. The minimum Gasteiger partial charge on any atom is -0.367 e. The third kappa shape index (κ3) is 3.78. The third-order valence-electron chi connectivity index (χ3n) is 3.64. The number of nitrogens with two attached hydrogens (primary N) is 1. The molecule has 0 heterocycles. The van der Waals surface area contributed by atoms with E-state index in [2.05, 4.69) is 0 Å². The van der Waals surface area contributed by atoms with Gasteiger partial charge in [-0.15, -0.1) is 0 Å². The van der Waals surface area contributed by atoms with E-state index in [1.807, 2.05) is 0 Å². The van der Waals surface area contributed by atoms with Crippen molar-refractivity contribution in [1.29, 1.82) is 0 Å². The van der Waals surface area contributed by atoms with Crippen LogP contribution in [0.5, 0.6) is 0 Å². The summed E-state index contributed by atoms with van der Waals surface area (Å²) in [5.41, 5.74) is 2.07. The molecule has 3 N–H and O–H groups in total. The highest BCUT2D eigenvalue weighted by Gasteiger charge is 2.58. The molecule has 2 atom stereocenters. The second-order valence-electron chi connectivity index (χ2n) is 5.30. The van der Waals surface area contributed by atoms with E-state index >= 15 is 0 Å². The first-order valence-electron chi connectivity index (χ1n) is 6.94. The lowest BCUT2D eigenvalue weighted by molar-refractivity contribution is -0.271. The summed E-state index contributed by atoms with van der Waals surface area (Å²) in [5, 5.41) is 9.84. The first-order valence-corrected chi connectivity index (χ1v) is 6.94. The summed E-state index contributed by atoms with van der Waals surface area (Å²) >= 11 is 0. The van der Waals surface area contributed by atoms with Crippen molar-refractivity contribution in [2.24, 2.45) is 11.7 Å². The van der Waals surface area contributed by atoms with Gasteiger partial charge in [0.15, 0.2) is 5.78 Å². The highest BCUT2D eigenvalue weighted by atomic mass is 19.4. The number of hydrogen-bond donors (Lipinski definition) is 2.